The highest BCUT2D eigenvalue weighted by Gasteiger charge is 2.46. The van der Waals surface area contributed by atoms with Crippen LogP contribution in [0.5, 0.6) is 0 Å². The zero-order valence-electron chi connectivity index (χ0n) is 29.4. The molecule has 15 atom stereocenters. The molecule has 0 N–H and O–H groups in total. The maximum Gasteiger partial charge on any atom is 0.161 e. The molecule has 6 heteroatoms. The highest BCUT2D eigenvalue weighted by Crippen LogP contribution is 2.41. The number of ether oxygens (including phenoxy) is 6. The molecule has 0 aromatic rings. The molecule has 244 valence electrons. The van der Waals surface area contributed by atoms with Crippen molar-refractivity contribution in [1.82, 2.24) is 0 Å². The molecule has 3 aliphatic heterocycles. The zero-order chi connectivity index (χ0) is 31.2. The van der Waals surface area contributed by atoms with Gasteiger partial charge in [0.15, 0.2) is 18.9 Å². The van der Waals surface area contributed by atoms with Crippen molar-refractivity contribution in [3.63, 3.8) is 0 Å². The van der Waals surface area contributed by atoms with E-state index in [0.29, 0.717) is 53.4 Å². The zero-order valence-corrected chi connectivity index (χ0v) is 29.4. The summed E-state index contributed by atoms with van der Waals surface area (Å²) in [6, 6.07) is 0. The summed E-state index contributed by atoms with van der Waals surface area (Å²) in [5.74, 6) is 4.00. The first-order valence-electron chi connectivity index (χ1n) is 17.1. The molecule has 3 rings (SSSR count). The molecular weight excluding hydrogens is 516 g/mol. The van der Waals surface area contributed by atoms with E-state index in [-0.39, 0.29) is 49.4 Å². The van der Waals surface area contributed by atoms with Gasteiger partial charge in [-0.1, -0.05) is 76.2 Å². The molecule has 0 aliphatic carbocycles. The summed E-state index contributed by atoms with van der Waals surface area (Å²) in [6.45, 7) is 33.1. The Hall–Kier alpha value is -0.240. The lowest BCUT2D eigenvalue weighted by Crippen LogP contribution is -2.55. The van der Waals surface area contributed by atoms with Crippen LogP contribution >= 0.6 is 0 Å². The molecule has 3 saturated heterocycles. The maximum absolute atomic E-state index is 6.63. The molecule has 0 aromatic heterocycles. The quantitative estimate of drug-likeness (QED) is 0.270. The van der Waals surface area contributed by atoms with Crippen molar-refractivity contribution in [3.8, 4) is 0 Å². The van der Waals surface area contributed by atoms with Gasteiger partial charge in [-0.3, -0.25) is 0 Å². The van der Waals surface area contributed by atoms with E-state index in [1.165, 1.54) is 0 Å². The first-order chi connectivity index (χ1) is 19.2. The van der Waals surface area contributed by atoms with Gasteiger partial charge in [-0.15, -0.1) is 0 Å². The molecule has 6 nitrogen and oxygen atoms in total. The van der Waals surface area contributed by atoms with E-state index in [2.05, 4.69) is 104 Å². The van der Waals surface area contributed by atoms with Gasteiger partial charge in [-0.2, -0.15) is 0 Å². The van der Waals surface area contributed by atoms with Gasteiger partial charge in [0.05, 0.1) is 36.6 Å². The summed E-state index contributed by atoms with van der Waals surface area (Å²) in [5, 5.41) is 0. The van der Waals surface area contributed by atoms with Crippen LogP contribution < -0.4 is 0 Å². The molecule has 0 spiro atoms. The minimum Gasteiger partial charge on any atom is -0.350 e. The normalized spacial score (nSPS) is 45.4. The Balaban J connectivity index is 0.000000333. The van der Waals surface area contributed by atoms with Gasteiger partial charge in [0.25, 0.3) is 0 Å². The van der Waals surface area contributed by atoms with Crippen molar-refractivity contribution in [2.24, 2.45) is 47.3 Å². The highest BCUT2D eigenvalue weighted by atomic mass is 16.7. The maximum atomic E-state index is 6.63. The van der Waals surface area contributed by atoms with Gasteiger partial charge in [-0.05, 0) is 76.5 Å². The van der Waals surface area contributed by atoms with Crippen LogP contribution in [0.1, 0.15) is 123 Å². The van der Waals surface area contributed by atoms with Crippen LogP contribution in [0, 0.1) is 47.3 Å². The minimum atomic E-state index is -0.151. The Kier molecular flexibility index (Phi) is 15.1. The van der Waals surface area contributed by atoms with Crippen molar-refractivity contribution in [2.75, 3.05) is 0 Å². The van der Waals surface area contributed by atoms with E-state index in [4.69, 9.17) is 28.4 Å². The van der Waals surface area contributed by atoms with Gasteiger partial charge in [0.2, 0.25) is 0 Å². The molecular formula is C35H68O6. The molecule has 0 aromatic carbocycles. The van der Waals surface area contributed by atoms with E-state index in [9.17, 15) is 0 Å². The fraction of sp³-hybridized carbons (Fsp3) is 1.00. The Labute approximate surface area is 254 Å². The van der Waals surface area contributed by atoms with E-state index < -0.39 is 0 Å². The third kappa shape index (κ3) is 9.38. The van der Waals surface area contributed by atoms with Crippen molar-refractivity contribution in [3.05, 3.63) is 0 Å². The Bertz CT molecular complexity index is 723. The van der Waals surface area contributed by atoms with Crippen molar-refractivity contribution < 1.29 is 28.4 Å². The predicted molar refractivity (Wildman–Crippen MR) is 167 cm³/mol. The van der Waals surface area contributed by atoms with Crippen LogP contribution in [0.2, 0.25) is 0 Å². The van der Waals surface area contributed by atoms with Crippen molar-refractivity contribution in [1.29, 1.82) is 0 Å². The average Bonchev–Trinajstić information content (AvgIpc) is 2.92. The lowest BCUT2D eigenvalue weighted by molar-refractivity contribution is -0.327. The second-order valence-electron chi connectivity index (χ2n) is 14.2. The summed E-state index contributed by atoms with van der Waals surface area (Å²) < 4.78 is 37.2. The van der Waals surface area contributed by atoms with E-state index in [1.54, 1.807) is 0 Å². The van der Waals surface area contributed by atoms with Gasteiger partial charge < -0.3 is 28.4 Å². The van der Waals surface area contributed by atoms with Crippen LogP contribution in [-0.4, -0.2) is 55.5 Å². The number of rotatable bonds is 9. The monoisotopic (exact) mass is 585 g/mol. The summed E-state index contributed by atoms with van der Waals surface area (Å²) >= 11 is 0. The second-order valence-corrected chi connectivity index (χ2v) is 14.2. The molecule has 41 heavy (non-hydrogen) atoms. The molecule has 0 bridgehead atoms. The van der Waals surface area contributed by atoms with Crippen LogP contribution in [0.25, 0.3) is 0 Å². The van der Waals surface area contributed by atoms with E-state index >= 15 is 0 Å². The lowest BCUT2D eigenvalue weighted by Gasteiger charge is -2.49. The average molecular weight is 585 g/mol. The molecule has 3 heterocycles. The largest absolute Gasteiger partial charge is 0.350 e. The lowest BCUT2D eigenvalue weighted by atomic mass is 9.78. The SMILES string of the molecule is CC[C@H]1OC(OC(C)C)[C@H](C)[C@@H](C)C1C.CC[C@H]1OC(O[C@H]2[C@H](C)[C@@H](C)C(OC(C)C)O[C@@H]2CC)[C@H](C)[C@@H](C)C1C. The van der Waals surface area contributed by atoms with Crippen LogP contribution in [0.4, 0.5) is 0 Å². The van der Waals surface area contributed by atoms with Gasteiger partial charge >= 0.3 is 0 Å². The van der Waals surface area contributed by atoms with E-state index in [0.717, 1.165) is 19.3 Å². The Morgan fingerprint density at radius 3 is 1.17 bits per heavy atom. The minimum absolute atomic E-state index is 0.0128. The van der Waals surface area contributed by atoms with Crippen LogP contribution in [-0.2, 0) is 28.4 Å². The molecule has 3 aliphatic rings. The van der Waals surface area contributed by atoms with Crippen LogP contribution in [0.3, 0.4) is 0 Å². The van der Waals surface area contributed by atoms with Crippen molar-refractivity contribution in [2.45, 2.75) is 179 Å². The smallest absolute Gasteiger partial charge is 0.161 e. The van der Waals surface area contributed by atoms with Gasteiger partial charge in [-0.25, -0.2) is 0 Å². The van der Waals surface area contributed by atoms with Gasteiger partial charge in [0.1, 0.15) is 0 Å². The van der Waals surface area contributed by atoms with E-state index in [1.807, 2.05) is 0 Å². The molecule has 0 radical (unpaired) electrons. The summed E-state index contributed by atoms with van der Waals surface area (Å²) in [7, 11) is 0. The predicted octanol–water partition coefficient (Wildman–Crippen LogP) is 8.70. The third-order valence-corrected chi connectivity index (χ3v) is 10.7. The standard InChI is InChI=1S/C22H42O4.C13H26O2/c1-10-18-14(6)13(5)16(8)22(24-18)26-20-15(7)17(9)21(23-12(3)4)25-19(20)11-2;1-7-12-10(5)9(4)11(6)13(15-12)14-8(2)3/h12-22H,10-11H2,1-9H3;8-13H,7H2,1-6H3/t13-,14?,15+,16+,17+,18+,19+,20-,21?,22?;9-,10?,11+,12+,13?/m00/s1. The first-order valence-corrected chi connectivity index (χ1v) is 17.1. The Morgan fingerprint density at radius 1 is 0.439 bits per heavy atom. The number of hydrogen-bond donors (Lipinski definition) is 0. The Morgan fingerprint density at radius 2 is 0.780 bits per heavy atom. The van der Waals surface area contributed by atoms with Crippen molar-refractivity contribution >= 4 is 0 Å². The molecule has 0 saturated carbocycles. The summed E-state index contributed by atoms with van der Waals surface area (Å²) in [4.78, 5) is 0. The molecule has 5 unspecified atom stereocenters. The third-order valence-electron chi connectivity index (χ3n) is 10.7. The molecule has 3 fully saturated rings. The van der Waals surface area contributed by atoms with Crippen LogP contribution in [0.15, 0.2) is 0 Å². The number of hydrogen-bond acceptors (Lipinski definition) is 6. The second kappa shape index (κ2) is 16.7. The summed E-state index contributed by atoms with van der Waals surface area (Å²) in [6.07, 6.45) is 3.87. The highest BCUT2D eigenvalue weighted by molar-refractivity contribution is 4.89. The first kappa shape index (κ1) is 36.9. The van der Waals surface area contributed by atoms with Gasteiger partial charge in [0, 0.05) is 17.8 Å². The fourth-order valence-electron chi connectivity index (χ4n) is 6.87. The molecule has 0 amide bonds. The topological polar surface area (TPSA) is 55.4 Å². The summed E-state index contributed by atoms with van der Waals surface area (Å²) in [5.41, 5.74) is 0. The fourth-order valence-corrected chi connectivity index (χ4v) is 6.87.